The molecule has 0 heterocycles. The third-order valence-corrected chi connectivity index (χ3v) is 21.7. The number of ether oxygens (including phenoxy) is 11. The summed E-state index contributed by atoms with van der Waals surface area (Å²) in [5.41, 5.74) is 25.2. The van der Waals surface area contributed by atoms with Crippen LogP contribution in [-0.2, 0) is 59.1 Å². The van der Waals surface area contributed by atoms with Crippen LogP contribution in [0.4, 0.5) is 42.9 Å². The first-order valence-electron chi connectivity index (χ1n) is 43.2. The Morgan fingerprint density at radius 3 is 1.20 bits per heavy atom. The summed E-state index contributed by atoms with van der Waals surface area (Å²) in [7, 11) is 12.7. The molecule has 3 amide bonds. The standard InChI is InChI=1S/C43H57N3O9.C35H44F5NO7.C21H26N2O4.ClH/c1-25(2)19-28(22-35(47)38(48)34(20-26-13-11-10-12-14-26)46-42(50)55-43(3,4)5)41(49)45-29-16-17-30-32(24-37(52-7)40(54-9)39(30)53-8)31(23-29)27-15-18-36(51-6)33(44)21-27;1-18(2)13-21(16-25(43)31(44)23(15-20-11-9-8-10-12-20)41-34(46)48-35(5,6)7)24(42)17-22(14-19(3)4)33(45)47-32-29(39)27(37)26(36)28(38)30(32)40;1-24-18-8-5-12(9-17(18)23)15-10-13(22)6-7-14-16(15)11-19(25-2)21(27-4)20(14)26-3;/h10-15,18,21,23-25,28-29,34,38,48H,16-17,19-20,22,44H2,1-9H3,(H,45,49)(H,46,50);8-12,18-19,21-23,31,44H,13-17H2,1-7H3,(H,41,46);5,8-11,13H,6-7,22-23H2,1-4H3;1H. The average molecular weight is 1850 g/mol. The van der Waals surface area contributed by atoms with E-state index in [9.17, 15) is 65.7 Å². The molecule has 26 nitrogen and oxygen atoms in total. The minimum Gasteiger partial charge on any atom is -1.00 e. The van der Waals surface area contributed by atoms with Crippen LogP contribution in [0.1, 0.15) is 179 Å². The number of aliphatic hydroxyl groups excluding tert-OH is 2. The van der Waals surface area contributed by atoms with Crippen LogP contribution in [0.15, 0.2) is 121 Å². The zero-order valence-corrected chi connectivity index (χ0v) is 79.1. The number of quaternary nitrogens is 1. The lowest BCUT2D eigenvalue weighted by molar-refractivity contribution is -0.403. The number of halogens is 6. The smallest absolute Gasteiger partial charge is 0.407 e. The Morgan fingerprint density at radius 1 is 0.450 bits per heavy atom. The molecule has 0 bridgehead atoms. The second-order valence-electron chi connectivity index (χ2n) is 35.5. The third kappa shape index (κ3) is 30.2. The number of alkyl carbamates (subject to hydrolysis) is 2. The molecule has 0 aromatic heterocycles. The van der Waals surface area contributed by atoms with Crippen LogP contribution < -0.4 is 88.2 Å². The highest BCUT2D eigenvalue weighted by molar-refractivity contribution is 5.94. The minimum absolute atomic E-state index is 0. The number of nitrogen functional groups attached to an aromatic ring is 2. The van der Waals surface area contributed by atoms with Crippen LogP contribution in [0.25, 0.3) is 11.1 Å². The van der Waals surface area contributed by atoms with Crippen LogP contribution in [0.5, 0.6) is 51.7 Å². The van der Waals surface area contributed by atoms with E-state index >= 15 is 0 Å². The van der Waals surface area contributed by atoms with Crippen molar-refractivity contribution in [1.29, 1.82) is 0 Å². The van der Waals surface area contributed by atoms with E-state index in [0.29, 0.717) is 82.2 Å². The number of amides is 3. The van der Waals surface area contributed by atoms with Gasteiger partial charge in [0.25, 0.3) is 0 Å². The Hall–Kier alpha value is -11.7. The van der Waals surface area contributed by atoms with Gasteiger partial charge in [-0.25, -0.2) is 22.8 Å². The molecule has 7 aromatic rings. The van der Waals surface area contributed by atoms with E-state index in [2.05, 4.69) is 32.5 Å². The minimum atomic E-state index is -2.42. The van der Waals surface area contributed by atoms with Crippen molar-refractivity contribution in [3.8, 4) is 51.7 Å². The number of esters is 1. The molecule has 9 unspecified atom stereocenters. The zero-order chi connectivity index (χ0) is 96.5. The Balaban J connectivity index is 0.000000317. The van der Waals surface area contributed by atoms with Crippen LogP contribution in [0.2, 0.25) is 0 Å². The lowest BCUT2D eigenvalue weighted by atomic mass is 9.82. The number of carbonyl (C=O) groups is 7. The lowest BCUT2D eigenvalue weighted by Crippen LogP contribution is -3.00. The summed E-state index contributed by atoms with van der Waals surface area (Å²) in [5, 5.41) is 31.1. The number of hydrogen-bond donors (Lipinski definition) is 8. The van der Waals surface area contributed by atoms with Gasteiger partial charge < -0.3 is 108 Å². The highest BCUT2D eigenvalue weighted by Gasteiger charge is 2.40. The fourth-order valence-electron chi connectivity index (χ4n) is 15.7. The summed E-state index contributed by atoms with van der Waals surface area (Å²) >= 11 is 0. The summed E-state index contributed by atoms with van der Waals surface area (Å²) in [6.07, 6.45) is 1.41. The largest absolute Gasteiger partial charge is 1.00 e. The number of hydrogen-bond acceptors (Lipinski definition) is 22. The molecular weight excluding hydrogens is 1720 g/mol. The highest BCUT2D eigenvalue weighted by atomic mass is 35.5. The van der Waals surface area contributed by atoms with E-state index in [4.69, 9.17) is 58.8 Å². The number of ketones is 3. The van der Waals surface area contributed by atoms with E-state index < -0.39 is 142 Å². The van der Waals surface area contributed by atoms with E-state index in [0.717, 1.165) is 62.9 Å². The molecule has 9 atom stereocenters. The van der Waals surface area contributed by atoms with Gasteiger partial charge in [-0.3, -0.25) is 24.0 Å². The Morgan fingerprint density at radius 2 is 0.817 bits per heavy atom. The molecule has 0 radical (unpaired) electrons. The number of nitrogens with one attached hydrogen (secondary N) is 3. The number of anilines is 2. The van der Waals surface area contributed by atoms with Crippen molar-refractivity contribution in [1.82, 2.24) is 16.0 Å². The predicted molar refractivity (Wildman–Crippen MR) is 485 cm³/mol. The monoisotopic (exact) mass is 1850 g/mol. The summed E-state index contributed by atoms with van der Waals surface area (Å²) in [6.45, 7) is 21.0. The summed E-state index contributed by atoms with van der Waals surface area (Å²) in [4.78, 5) is 93.6. The van der Waals surface area contributed by atoms with Crippen molar-refractivity contribution >= 4 is 63.9 Å². The van der Waals surface area contributed by atoms with Gasteiger partial charge in [-0.1, -0.05) is 120 Å². The second-order valence-corrected chi connectivity index (χ2v) is 35.5. The third-order valence-electron chi connectivity index (χ3n) is 21.7. The quantitative estimate of drug-likeness (QED) is 0.00448. The van der Waals surface area contributed by atoms with Crippen molar-refractivity contribution in [3.05, 3.63) is 195 Å². The van der Waals surface area contributed by atoms with Gasteiger partial charge in [0.05, 0.1) is 86.3 Å². The van der Waals surface area contributed by atoms with Crippen molar-refractivity contribution in [2.75, 3.05) is 68.3 Å². The molecule has 7 aromatic carbocycles. The summed E-state index contributed by atoms with van der Waals surface area (Å²) in [6, 6.07) is 30.8. The van der Waals surface area contributed by atoms with Gasteiger partial charge in [0, 0.05) is 54.7 Å². The van der Waals surface area contributed by atoms with E-state index in [-0.39, 0.29) is 74.2 Å². The van der Waals surface area contributed by atoms with Crippen molar-refractivity contribution in [2.24, 2.45) is 35.5 Å². The van der Waals surface area contributed by atoms with Crippen LogP contribution in [0, 0.1) is 64.6 Å². The maximum absolute atomic E-state index is 14.2. The Kier molecular flexibility index (Phi) is 40.9. The number of nitrogens with two attached hydrogens (primary N) is 2. The maximum atomic E-state index is 14.2. The second kappa shape index (κ2) is 49.5. The van der Waals surface area contributed by atoms with Crippen LogP contribution >= 0.6 is 0 Å². The number of benzene rings is 7. The highest BCUT2D eigenvalue weighted by Crippen LogP contribution is 2.50. The van der Waals surface area contributed by atoms with Crippen molar-refractivity contribution < 1.29 is 136 Å². The number of aliphatic hydroxyl groups is 2. The fourth-order valence-corrected chi connectivity index (χ4v) is 15.7. The molecule has 0 saturated carbocycles. The molecule has 716 valence electrons. The molecular formula is C99H128ClF5N6O20. The van der Waals surface area contributed by atoms with Gasteiger partial charge >= 0.3 is 18.2 Å². The van der Waals surface area contributed by atoms with Gasteiger partial charge in [0.2, 0.25) is 52.2 Å². The first-order valence-corrected chi connectivity index (χ1v) is 43.2. The van der Waals surface area contributed by atoms with Crippen molar-refractivity contribution in [3.63, 3.8) is 0 Å². The summed E-state index contributed by atoms with van der Waals surface area (Å²) in [5.74, 6) is -16.0. The molecule has 0 fully saturated rings. The molecule has 2 aliphatic rings. The van der Waals surface area contributed by atoms with Crippen LogP contribution in [0.3, 0.4) is 0 Å². The van der Waals surface area contributed by atoms with Gasteiger partial charge in [-0.15, -0.1) is 0 Å². The molecule has 0 aliphatic heterocycles. The normalized spacial score (nSPS) is 15.1. The molecule has 131 heavy (non-hydrogen) atoms. The SMILES string of the molecule is CC(C)CC(CC(=O)C(O)C(Cc1ccccc1)NC(=O)OC(C)(C)C)C(=O)CC(CC(C)C)C(=O)Oc1c(F)c(F)c(F)c(F)c1F.COc1ccc(C2=CC(NC(=O)C(CC(=O)C(O)C(Cc3ccccc3)NC(=O)OC(C)(C)C)CC(C)C)CCc3c2cc(OC)c(OC)c3OC)cc1N.COc1ccc(C2=CC([NH3+])CCc3c2cc(OC)c(OC)c3OC)cc1N.[Cl-]. The molecule has 12 N–H and O–H groups in total. The first-order chi connectivity index (χ1) is 61.3. The Bertz CT molecular complexity index is 5110. The van der Waals surface area contributed by atoms with Gasteiger partial charge in [-0.05, 0) is 198 Å². The van der Waals surface area contributed by atoms with E-state index in [1.54, 1.807) is 163 Å². The lowest BCUT2D eigenvalue weighted by Gasteiger charge is -2.27. The molecule has 2 aliphatic carbocycles. The van der Waals surface area contributed by atoms with Gasteiger partial charge in [0.15, 0.2) is 34.6 Å². The maximum Gasteiger partial charge on any atom is 0.407 e. The number of carbonyl (C=O) groups excluding carboxylic acids is 7. The van der Waals surface area contributed by atoms with Gasteiger partial charge in [0.1, 0.15) is 46.7 Å². The topological polar surface area (TPSA) is 377 Å². The zero-order valence-electron chi connectivity index (χ0n) is 78.3. The number of methoxy groups -OCH3 is 8. The van der Waals surface area contributed by atoms with Crippen molar-refractivity contribution in [2.45, 2.75) is 208 Å². The Labute approximate surface area is 770 Å². The predicted octanol–water partition coefficient (Wildman–Crippen LogP) is 12.6. The van der Waals surface area contributed by atoms with Crippen LogP contribution in [-0.4, -0.2) is 156 Å². The summed E-state index contributed by atoms with van der Waals surface area (Å²) < 4.78 is 130. The molecule has 32 heteroatoms. The van der Waals surface area contributed by atoms with E-state index in [1.165, 1.54) is 0 Å². The molecule has 0 spiro atoms. The van der Waals surface area contributed by atoms with Gasteiger partial charge in [-0.2, -0.15) is 8.78 Å². The number of fused-ring (bicyclic) bond motifs is 2. The first kappa shape index (κ1) is 108. The fraction of sp³-hybridized carbons (Fsp3) is 0.465. The average Bonchev–Trinajstić information content (AvgIpc) is 1.74. The molecule has 9 rings (SSSR count). The number of rotatable bonds is 37. The number of Topliss-reactive ketones (excluding diaryl/α,β-unsaturated/α-hetero) is 3. The van der Waals surface area contributed by atoms with E-state index in [1.807, 2.05) is 92.7 Å². The molecule has 0 saturated heterocycles.